The lowest BCUT2D eigenvalue weighted by atomic mass is 10.0. The Bertz CT molecular complexity index is 572. The second kappa shape index (κ2) is 7.36. The van der Waals surface area contributed by atoms with Crippen molar-refractivity contribution < 1.29 is 33.4 Å². The van der Waals surface area contributed by atoms with Gasteiger partial charge in [-0.3, -0.25) is 4.57 Å². The minimum absolute atomic E-state index is 0.164. The summed E-state index contributed by atoms with van der Waals surface area (Å²) in [6, 6.07) is 3.48. The van der Waals surface area contributed by atoms with Crippen LogP contribution in [-0.2, 0) is 19.8 Å². The van der Waals surface area contributed by atoms with Crippen LogP contribution in [0.1, 0.15) is 40.1 Å². The van der Waals surface area contributed by atoms with Gasteiger partial charge in [0.05, 0.1) is 31.3 Å². The number of hydrogen-bond donors (Lipinski definition) is 0. The Morgan fingerprint density at radius 2 is 1.57 bits per heavy atom. The van der Waals surface area contributed by atoms with Crippen molar-refractivity contribution in [3.8, 4) is 0 Å². The molecule has 0 aliphatic rings. The average molecular weight is 314 g/mol. The highest BCUT2D eigenvalue weighted by Crippen LogP contribution is 2.51. The van der Waals surface area contributed by atoms with Gasteiger partial charge in [0.1, 0.15) is 0 Å². The minimum atomic E-state index is -3.41. The fourth-order valence-electron chi connectivity index (χ4n) is 1.78. The summed E-state index contributed by atoms with van der Waals surface area (Å²) in [5, 5.41) is 21.8. The number of hydrogen-bond acceptors (Lipinski definition) is 7. The van der Waals surface area contributed by atoms with E-state index in [9.17, 15) is 24.4 Å². The second-order valence-corrected chi connectivity index (χ2v) is 6.11. The van der Waals surface area contributed by atoms with E-state index in [1.54, 1.807) is 13.8 Å². The Kier molecular flexibility index (Phi) is 6.08. The van der Waals surface area contributed by atoms with E-state index in [2.05, 4.69) is 0 Å². The van der Waals surface area contributed by atoms with Crippen molar-refractivity contribution >= 4 is 19.5 Å². The lowest BCUT2D eigenvalue weighted by molar-refractivity contribution is -0.259. The van der Waals surface area contributed by atoms with Crippen molar-refractivity contribution in [2.24, 2.45) is 0 Å². The zero-order valence-electron chi connectivity index (χ0n) is 11.7. The van der Waals surface area contributed by atoms with Gasteiger partial charge in [-0.2, -0.15) is 0 Å². The van der Waals surface area contributed by atoms with Crippen molar-refractivity contribution in [3.63, 3.8) is 0 Å². The Balaban J connectivity index is 3.14. The Morgan fingerprint density at radius 3 is 2.00 bits per heavy atom. The molecule has 116 valence electrons. The molecular weight excluding hydrogens is 299 g/mol. The van der Waals surface area contributed by atoms with Gasteiger partial charge in [-0.25, -0.2) is 0 Å². The van der Waals surface area contributed by atoms with Crippen LogP contribution in [0.4, 0.5) is 0 Å². The van der Waals surface area contributed by atoms with Crippen LogP contribution < -0.4 is 10.2 Å². The molecule has 0 N–H and O–H groups in total. The lowest BCUT2D eigenvalue weighted by Crippen LogP contribution is -2.30. The topological polar surface area (TPSA) is 116 Å². The maximum atomic E-state index is 12.3. The predicted octanol–water partition coefficient (Wildman–Crippen LogP) is 0.180. The van der Waals surface area contributed by atoms with Gasteiger partial charge in [0.25, 0.3) is 0 Å². The molecule has 0 unspecified atom stereocenters. The van der Waals surface area contributed by atoms with E-state index < -0.39 is 30.7 Å². The quantitative estimate of drug-likeness (QED) is 0.628. The Hall–Kier alpha value is -1.69. The van der Waals surface area contributed by atoms with Crippen LogP contribution in [0.25, 0.3) is 0 Å². The first-order valence-electron chi connectivity index (χ1n) is 6.26. The van der Waals surface area contributed by atoms with Gasteiger partial charge >= 0.3 is 7.60 Å². The highest BCUT2D eigenvalue weighted by atomic mass is 31.2. The molecule has 21 heavy (non-hydrogen) atoms. The Morgan fingerprint density at radius 1 is 1.05 bits per heavy atom. The van der Waals surface area contributed by atoms with E-state index in [0.29, 0.717) is 5.56 Å². The maximum Gasteiger partial charge on any atom is 0.335 e. The van der Waals surface area contributed by atoms with E-state index in [4.69, 9.17) is 9.05 Å². The number of carbonyl (C=O) groups is 2. The van der Waals surface area contributed by atoms with Crippen molar-refractivity contribution in [3.05, 3.63) is 34.9 Å². The molecule has 0 fully saturated rings. The Labute approximate surface area is 122 Å². The molecule has 0 bridgehead atoms. The number of rotatable bonds is 8. The smallest absolute Gasteiger partial charge is 0.335 e. The van der Waals surface area contributed by atoms with Crippen LogP contribution in [-0.4, -0.2) is 25.2 Å². The zero-order valence-corrected chi connectivity index (χ0v) is 12.6. The average Bonchev–Trinajstić information content (AvgIpc) is 2.38. The third-order valence-electron chi connectivity index (χ3n) is 2.55. The van der Waals surface area contributed by atoms with E-state index in [0.717, 1.165) is 12.1 Å². The molecule has 1 rings (SSSR count). The predicted molar refractivity (Wildman–Crippen MR) is 69.7 cm³/mol. The highest BCUT2D eigenvalue weighted by molar-refractivity contribution is 7.53. The first kappa shape index (κ1) is 17.4. The third kappa shape index (κ3) is 4.67. The van der Waals surface area contributed by atoms with Gasteiger partial charge in [0.2, 0.25) is 0 Å². The summed E-state index contributed by atoms with van der Waals surface area (Å²) in [5.41, 5.74) is -0.724. The molecule has 0 spiro atoms. The molecule has 1 aromatic carbocycles. The molecule has 0 atom stereocenters. The first-order valence-corrected chi connectivity index (χ1v) is 7.99. The summed E-state index contributed by atoms with van der Waals surface area (Å²) in [7, 11) is -3.41. The summed E-state index contributed by atoms with van der Waals surface area (Å²) in [6.45, 7) is 3.64. The van der Waals surface area contributed by atoms with Crippen molar-refractivity contribution in [2.75, 3.05) is 13.2 Å². The minimum Gasteiger partial charge on any atom is -0.545 e. The molecule has 0 aromatic heterocycles. The van der Waals surface area contributed by atoms with Gasteiger partial charge in [-0.15, -0.1) is 0 Å². The molecule has 0 aliphatic heterocycles. The standard InChI is InChI=1S/C13H17O7P/c1-3-19-21(18,20-4-2)8-9-5-6-10(12(14)15)11(7-9)13(16)17/h5-7H,3-4,8H2,1-2H3,(H,14,15)(H,16,17)/p-2. The molecule has 0 amide bonds. The fourth-order valence-corrected chi connectivity index (χ4v) is 3.47. The SMILES string of the molecule is CCOP(=O)(Cc1ccc(C(=O)[O-])c(C(=O)[O-])c1)OCC. The summed E-state index contributed by atoms with van der Waals surface area (Å²) >= 11 is 0. The van der Waals surface area contributed by atoms with Gasteiger partial charge in [-0.05, 0) is 25.5 Å². The van der Waals surface area contributed by atoms with E-state index >= 15 is 0 Å². The fraction of sp³-hybridized carbons (Fsp3) is 0.385. The summed E-state index contributed by atoms with van der Waals surface area (Å²) in [6.07, 6.45) is -0.164. The van der Waals surface area contributed by atoms with Crippen molar-refractivity contribution in [2.45, 2.75) is 20.0 Å². The van der Waals surface area contributed by atoms with Crippen LogP contribution in [0.15, 0.2) is 18.2 Å². The number of carboxylic acids is 2. The van der Waals surface area contributed by atoms with Crippen LogP contribution >= 0.6 is 7.60 Å². The lowest BCUT2D eigenvalue weighted by Gasteiger charge is -2.18. The molecule has 0 aliphatic carbocycles. The summed E-state index contributed by atoms with van der Waals surface area (Å²) < 4.78 is 22.5. The summed E-state index contributed by atoms with van der Waals surface area (Å²) in [5.74, 6) is -3.28. The normalized spacial score (nSPS) is 11.3. The molecule has 7 nitrogen and oxygen atoms in total. The molecule has 1 aromatic rings. The van der Waals surface area contributed by atoms with E-state index in [1.807, 2.05) is 0 Å². The molecule has 0 radical (unpaired) electrons. The third-order valence-corrected chi connectivity index (χ3v) is 4.61. The number of carboxylic acid groups (broad SMARTS) is 2. The van der Waals surface area contributed by atoms with Gasteiger partial charge in [0, 0.05) is 11.1 Å². The van der Waals surface area contributed by atoms with E-state index in [-0.39, 0.29) is 19.4 Å². The highest BCUT2D eigenvalue weighted by Gasteiger charge is 2.24. The molecule has 0 heterocycles. The van der Waals surface area contributed by atoms with Crippen molar-refractivity contribution in [1.82, 2.24) is 0 Å². The maximum absolute atomic E-state index is 12.3. The second-order valence-electron chi connectivity index (χ2n) is 4.06. The van der Waals surface area contributed by atoms with Gasteiger partial charge in [-0.1, -0.05) is 12.1 Å². The molecular formula is C13H15O7P-2. The zero-order chi connectivity index (χ0) is 16.0. The monoisotopic (exact) mass is 314 g/mol. The largest absolute Gasteiger partial charge is 0.545 e. The number of aromatic carboxylic acids is 2. The molecule has 0 saturated carbocycles. The number of carbonyl (C=O) groups excluding carboxylic acids is 2. The molecule has 8 heteroatoms. The van der Waals surface area contributed by atoms with Crippen molar-refractivity contribution in [1.29, 1.82) is 0 Å². The van der Waals surface area contributed by atoms with Gasteiger partial charge in [0.15, 0.2) is 0 Å². The van der Waals surface area contributed by atoms with Crippen LogP contribution in [0.2, 0.25) is 0 Å². The van der Waals surface area contributed by atoms with Crippen LogP contribution in [0, 0.1) is 0 Å². The van der Waals surface area contributed by atoms with Crippen LogP contribution in [0.3, 0.4) is 0 Å². The van der Waals surface area contributed by atoms with Crippen LogP contribution in [0.5, 0.6) is 0 Å². The summed E-state index contributed by atoms with van der Waals surface area (Å²) in [4.78, 5) is 21.8. The first-order chi connectivity index (χ1) is 9.83. The number of benzene rings is 1. The van der Waals surface area contributed by atoms with Gasteiger partial charge < -0.3 is 28.8 Å². The molecule has 0 saturated heterocycles. The van der Waals surface area contributed by atoms with E-state index in [1.165, 1.54) is 6.07 Å².